The topological polar surface area (TPSA) is 45.9 Å². The Morgan fingerprint density at radius 2 is 1.95 bits per heavy atom. The first-order valence-corrected chi connectivity index (χ1v) is 7.39. The van der Waals surface area contributed by atoms with Gasteiger partial charge in [-0.25, -0.2) is 4.98 Å². The molecular weight excluding hydrogens is 268 g/mol. The predicted molar refractivity (Wildman–Crippen MR) is 81.2 cm³/mol. The molecule has 104 valence electrons. The maximum absolute atomic E-state index is 8.74. The van der Waals surface area contributed by atoms with Crippen molar-refractivity contribution in [2.45, 2.75) is 32.6 Å². The first kappa shape index (κ1) is 14.5. The molecule has 20 heavy (non-hydrogen) atoms. The lowest BCUT2D eigenvalue weighted by atomic mass is 9.87. The van der Waals surface area contributed by atoms with Crippen molar-refractivity contribution in [3.8, 4) is 11.8 Å². The Balaban J connectivity index is 1.87. The van der Waals surface area contributed by atoms with Gasteiger partial charge in [0.15, 0.2) is 0 Å². The van der Waals surface area contributed by atoms with E-state index in [2.05, 4.69) is 44.0 Å². The number of nitriles is 1. The highest BCUT2D eigenvalue weighted by molar-refractivity contribution is 7.12. The molecule has 0 aliphatic carbocycles. The van der Waals surface area contributed by atoms with E-state index in [0.717, 1.165) is 17.2 Å². The Kier molecular flexibility index (Phi) is 4.41. The van der Waals surface area contributed by atoms with E-state index < -0.39 is 0 Å². The molecule has 0 fully saturated rings. The van der Waals surface area contributed by atoms with Gasteiger partial charge in [-0.3, -0.25) is 0 Å². The van der Waals surface area contributed by atoms with E-state index in [0.29, 0.717) is 11.5 Å². The van der Waals surface area contributed by atoms with E-state index in [-0.39, 0.29) is 5.41 Å². The zero-order valence-corrected chi connectivity index (χ0v) is 12.8. The first-order valence-electron chi connectivity index (χ1n) is 6.57. The second-order valence-corrected chi connectivity index (χ2v) is 6.72. The lowest BCUT2D eigenvalue weighted by Crippen LogP contribution is -2.10. The van der Waals surface area contributed by atoms with E-state index in [9.17, 15) is 0 Å². The van der Waals surface area contributed by atoms with Crippen molar-refractivity contribution in [1.29, 1.82) is 5.26 Å². The van der Waals surface area contributed by atoms with Crippen LogP contribution in [0, 0.1) is 11.3 Å². The predicted octanol–water partition coefficient (Wildman–Crippen LogP) is 3.93. The summed E-state index contributed by atoms with van der Waals surface area (Å²) in [6, 6.07) is 10.3. The monoisotopic (exact) mass is 286 g/mol. The molecule has 0 spiro atoms. The molecule has 1 aromatic heterocycles. The van der Waals surface area contributed by atoms with Gasteiger partial charge in [0.1, 0.15) is 16.7 Å². The van der Waals surface area contributed by atoms with Crippen LogP contribution in [0.15, 0.2) is 30.5 Å². The fourth-order valence-electron chi connectivity index (χ4n) is 1.78. The standard InChI is InChI=1S/C16H18N2OS/c1-16(2,3)12-4-6-13(7-5-12)19-9-8-15-18-11-14(10-17)20-15/h4-7,11H,8-9H2,1-3H3. The van der Waals surface area contributed by atoms with Crippen molar-refractivity contribution < 1.29 is 4.74 Å². The van der Waals surface area contributed by atoms with Gasteiger partial charge in [-0.05, 0) is 23.1 Å². The minimum Gasteiger partial charge on any atom is -0.493 e. The minimum atomic E-state index is 0.160. The molecule has 0 aliphatic rings. The molecule has 0 saturated heterocycles. The zero-order valence-electron chi connectivity index (χ0n) is 12.0. The van der Waals surface area contributed by atoms with Gasteiger partial charge < -0.3 is 4.74 Å². The quantitative estimate of drug-likeness (QED) is 0.855. The average molecular weight is 286 g/mol. The normalized spacial score (nSPS) is 11.1. The van der Waals surface area contributed by atoms with E-state index in [1.165, 1.54) is 16.9 Å². The number of benzene rings is 1. The van der Waals surface area contributed by atoms with Gasteiger partial charge in [-0.1, -0.05) is 32.9 Å². The fraction of sp³-hybridized carbons (Fsp3) is 0.375. The van der Waals surface area contributed by atoms with Crippen molar-refractivity contribution in [2.75, 3.05) is 6.61 Å². The van der Waals surface area contributed by atoms with Crippen LogP contribution >= 0.6 is 11.3 Å². The average Bonchev–Trinajstić information content (AvgIpc) is 2.86. The summed E-state index contributed by atoms with van der Waals surface area (Å²) in [5.41, 5.74) is 1.45. The van der Waals surface area contributed by atoms with Gasteiger partial charge in [0, 0.05) is 6.42 Å². The number of nitrogens with zero attached hydrogens (tertiary/aromatic N) is 2. The van der Waals surface area contributed by atoms with Crippen LogP contribution in [-0.2, 0) is 11.8 Å². The molecule has 1 heterocycles. The minimum absolute atomic E-state index is 0.160. The molecule has 2 rings (SSSR count). The van der Waals surface area contributed by atoms with Crippen molar-refractivity contribution in [2.24, 2.45) is 0 Å². The van der Waals surface area contributed by atoms with Gasteiger partial charge in [0.05, 0.1) is 17.8 Å². The maximum Gasteiger partial charge on any atom is 0.124 e. The van der Waals surface area contributed by atoms with Crippen molar-refractivity contribution in [1.82, 2.24) is 4.98 Å². The van der Waals surface area contributed by atoms with Crippen LogP contribution in [-0.4, -0.2) is 11.6 Å². The third kappa shape index (κ3) is 3.82. The second-order valence-electron chi connectivity index (χ2n) is 5.60. The summed E-state index contributed by atoms with van der Waals surface area (Å²) < 4.78 is 5.70. The third-order valence-electron chi connectivity index (χ3n) is 2.97. The number of rotatable bonds is 4. The molecule has 0 radical (unpaired) electrons. The summed E-state index contributed by atoms with van der Waals surface area (Å²) in [4.78, 5) is 4.83. The first-order chi connectivity index (χ1) is 9.49. The summed E-state index contributed by atoms with van der Waals surface area (Å²) in [5.74, 6) is 0.870. The van der Waals surface area contributed by atoms with E-state index in [1.807, 2.05) is 12.1 Å². The molecule has 2 aromatic rings. The molecule has 3 nitrogen and oxygen atoms in total. The molecular formula is C16H18N2OS. The fourth-order valence-corrected chi connectivity index (χ4v) is 2.48. The van der Waals surface area contributed by atoms with Crippen LogP contribution in [0.1, 0.15) is 36.2 Å². The SMILES string of the molecule is CC(C)(C)c1ccc(OCCc2ncc(C#N)s2)cc1. The zero-order chi connectivity index (χ0) is 14.6. The highest BCUT2D eigenvalue weighted by atomic mass is 32.1. The molecule has 1 aromatic carbocycles. The van der Waals surface area contributed by atoms with E-state index >= 15 is 0 Å². The summed E-state index contributed by atoms with van der Waals surface area (Å²) >= 11 is 1.42. The molecule has 0 unspecified atom stereocenters. The molecule has 0 N–H and O–H groups in total. The third-order valence-corrected chi connectivity index (χ3v) is 3.93. The molecule has 0 saturated carbocycles. The van der Waals surface area contributed by atoms with E-state index in [1.54, 1.807) is 6.20 Å². The number of hydrogen-bond acceptors (Lipinski definition) is 4. The number of ether oxygens (including phenoxy) is 1. The van der Waals surface area contributed by atoms with Crippen molar-refractivity contribution in [3.05, 3.63) is 45.9 Å². The molecule has 4 heteroatoms. The van der Waals surface area contributed by atoms with Gasteiger partial charge in [-0.2, -0.15) is 5.26 Å². The van der Waals surface area contributed by atoms with E-state index in [4.69, 9.17) is 10.00 Å². The molecule has 0 atom stereocenters. The van der Waals surface area contributed by atoms with Crippen molar-refractivity contribution in [3.63, 3.8) is 0 Å². The van der Waals surface area contributed by atoms with Gasteiger partial charge in [-0.15, -0.1) is 11.3 Å². The Bertz CT molecular complexity index is 603. The smallest absolute Gasteiger partial charge is 0.124 e. The number of aromatic nitrogens is 1. The second kappa shape index (κ2) is 6.06. The lowest BCUT2D eigenvalue weighted by Gasteiger charge is -2.19. The largest absolute Gasteiger partial charge is 0.493 e. The highest BCUT2D eigenvalue weighted by Gasteiger charge is 2.12. The highest BCUT2D eigenvalue weighted by Crippen LogP contribution is 2.24. The van der Waals surface area contributed by atoms with Crippen LogP contribution in [0.3, 0.4) is 0 Å². The number of thiazole rings is 1. The molecule has 0 aliphatic heterocycles. The maximum atomic E-state index is 8.74. The van der Waals surface area contributed by atoms with Crippen LogP contribution in [0.2, 0.25) is 0 Å². The van der Waals surface area contributed by atoms with Gasteiger partial charge in [0.2, 0.25) is 0 Å². The Morgan fingerprint density at radius 1 is 1.25 bits per heavy atom. The summed E-state index contributed by atoms with van der Waals surface area (Å²) in [6.07, 6.45) is 2.34. The van der Waals surface area contributed by atoms with Crippen LogP contribution in [0.4, 0.5) is 0 Å². The summed E-state index contributed by atoms with van der Waals surface area (Å²) in [5, 5.41) is 9.67. The Morgan fingerprint density at radius 3 is 2.50 bits per heavy atom. The van der Waals surface area contributed by atoms with Gasteiger partial charge >= 0.3 is 0 Å². The molecule has 0 amide bonds. The van der Waals surface area contributed by atoms with Gasteiger partial charge in [0.25, 0.3) is 0 Å². The summed E-state index contributed by atoms with van der Waals surface area (Å²) in [7, 11) is 0. The number of hydrogen-bond donors (Lipinski definition) is 0. The van der Waals surface area contributed by atoms with Crippen LogP contribution < -0.4 is 4.74 Å². The van der Waals surface area contributed by atoms with Crippen molar-refractivity contribution >= 4 is 11.3 Å². The summed E-state index contributed by atoms with van der Waals surface area (Å²) in [6.45, 7) is 7.15. The Labute approximate surface area is 123 Å². The molecule has 0 bridgehead atoms. The Hall–Kier alpha value is -1.86. The van der Waals surface area contributed by atoms with Crippen LogP contribution in [0.25, 0.3) is 0 Å². The van der Waals surface area contributed by atoms with Crippen LogP contribution in [0.5, 0.6) is 5.75 Å². The lowest BCUT2D eigenvalue weighted by molar-refractivity contribution is 0.321.